The van der Waals surface area contributed by atoms with Crippen molar-refractivity contribution in [2.24, 2.45) is 0 Å². The van der Waals surface area contributed by atoms with Gasteiger partial charge in [-0.1, -0.05) is 0 Å². The minimum absolute atomic E-state index is 0.906. The lowest BCUT2D eigenvalue weighted by Crippen LogP contribution is -2.00. The van der Waals surface area contributed by atoms with E-state index in [9.17, 15) is 0 Å². The molecule has 1 N–H and O–H groups in total. The molecule has 9 heavy (non-hydrogen) atoms. The molecule has 0 bridgehead atoms. The molecule has 0 unspecified atom stereocenters. The first kappa shape index (κ1) is 5.06. The van der Waals surface area contributed by atoms with Crippen LogP contribution >= 0.6 is 0 Å². The van der Waals surface area contributed by atoms with Gasteiger partial charge in [0.1, 0.15) is 11.5 Å². The van der Waals surface area contributed by atoms with Gasteiger partial charge < -0.3 is 9.73 Å². The summed E-state index contributed by atoms with van der Waals surface area (Å²) in [6.07, 6.45) is 0. The lowest BCUT2D eigenvalue weighted by molar-refractivity contribution is 0.480. The highest BCUT2D eigenvalue weighted by Gasteiger charge is 2.13. The van der Waals surface area contributed by atoms with E-state index in [0.29, 0.717) is 0 Å². The topological polar surface area (TPSA) is 25.2 Å². The lowest BCUT2D eigenvalue weighted by atomic mass is 10.3. The monoisotopic (exact) mass is 123 g/mol. The molecule has 2 nitrogen and oxygen atoms in total. The molecule has 2 rings (SSSR count). The van der Waals surface area contributed by atoms with Crippen LogP contribution < -0.4 is 5.32 Å². The van der Waals surface area contributed by atoms with Gasteiger partial charge in [0.2, 0.25) is 0 Å². The Morgan fingerprint density at radius 1 is 1.56 bits per heavy atom. The van der Waals surface area contributed by atoms with Gasteiger partial charge in [-0.15, -0.1) is 0 Å². The van der Waals surface area contributed by atoms with Gasteiger partial charge >= 0.3 is 0 Å². The Balaban J connectivity index is 2.51. The smallest absolute Gasteiger partial charge is 0.122 e. The first-order valence-electron chi connectivity index (χ1n) is 3.15. The van der Waals surface area contributed by atoms with E-state index in [0.717, 1.165) is 24.6 Å². The van der Waals surface area contributed by atoms with Crippen LogP contribution in [-0.2, 0) is 13.1 Å². The molecule has 0 fully saturated rings. The highest BCUT2D eigenvalue weighted by atomic mass is 16.3. The van der Waals surface area contributed by atoms with Gasteiger partial charge in [0.25, 0.3) is 0 Å². The van der Waals surface area contributed by atoms with E-state index in [2.05, 4.69) is 11.4 Å². The number of aryl methyl sites for hydroxylation is 1. The molecule has 1 aliphatic heterocycles. The number of rotatable bonds is 0. The molecule has 2 heteroatoms. The summed E-state index contributed by atoms with van der Waals surface area (Å²) in [5.41, 5.74) is 1.33. The molecule has 0 spiro atoms. The van der Waals surface area contributed by atoms with E-state index in [-0.39, 0.29) is 0 Å². The zero-order valence-electron chi connectivity index (χ0n) is 5.40. The zero-order valence-corrected chi connectivity index (χ0v) is 5.40. The van der Waals surface area contributed by atoms with Gasteiger partial charge in [-0.3, -0.25) is 0 Å². The number of nitrogens with one attached hydrogen (secondary N) is 1. The molecule has 0 radical (unpaired) electrons. The Bertz CT molecular complexity index is 205. The Morgan fingerprint density at radius 3 is 3.22 bits per heavy atom. The van der Waals surface area contributed by atoms with E-state index in [4.69, 9.17) is 4.42 Å². The van der Waals surface area contributed by atoms with E-state index in [1.807, 2.05) is 6.92 Å². The first-order valence-corrected chi connectivity index (χ1v) is 3.15. The van der Waals surface area contributed by atoms with Crippen molar-refractivity contribution in [1.29, 1.82) is 0 Å². The minimum atomic E-state index is 0.906. The Morgan fingerprint density at radius 2 is 2.44 bits per heavy atom. The third-order valence-corrected chi connectivity index (χ3v) is 1.62. The molecule has 0 amide bonds. The molecule has 0 aliphatic carbocycles. The van der Waals surface area contributed by atoms with Crippen molar-refractivity contribution in [2.45, 2.75) is 20.0 Å². The summed E-state index contributed by atoms with van der Waals surface area (Å²) >= 11 is 0. The van der Waals surface area contributed by atoms with E-state index in [1.165, 1.54) is 5.56 Å². The molecule has 0 aromatic carbocycles. The molecule has 1 aromatic rings. The summed E-state index contributed by atoms with van der Waals surface area (Å²) in [7, 11) is 0. The lowest BCUT2D eigenvalue weighted by Gasteiger charge is -1.85. The Kier molecular flexibility index (Phi) is 0.904. The Hall–Kier alpha value is -0.760. The fourth-order valence-corrected chi connectivity index (χ4v) is 1.23. The van der Waals surface area contributed by atoms with Crippen LogP contribution in [0, 0.1) is 6.92 Å². The van der Waals surface area contributed by atoms with Crippen LogP contribution in [0.5, 0.6) is 0 Å². The maximum Gasteiger partial charge on any atom is 0.122 e. The average molecular weight is 123 g/mol. The third-order valence-electron chi connectivity index (χ3n) is 1.62. The largest absolute Gasteiger partial charge is 0.465 e. The summed E-state index contributed by atoms with van der Waals surface area (Å²) in [4.78, 5) is 0. The normalized spacial score (nSPS) is 16.1. The van der Waals surface area contributed by atoms with Crippen LogP contribution in [0.15, 0.2) is 10.5 Å². The van der Waals surface area contributed by atoms with Crippen LogP contribution in [0.1, 0.15) is 17.1 Å². The highest BCUT2D eigenvalue weighted by molar-refractivity contribution is 5.24. The SMILES string of the molecule is Cc1cc2c(o1)CNC2. The maximum absolute atomic E-state index is 5.36. The predicted molar refractivity (Wildman–Crippen MR) is 34.0 cm³/mol. The number of hydrogen-bond acceptors (Lipinski definition) is 2. The van der Waals surface area contributed by atoms with Crippen molar-refractivity contribution < 1.29 is 4.42 Å². The van der Waals surface area contributed by atoms with E-state index < -0.39 is 0 Å². The van der Waals surface area contributed by atoms with E-state index in [1.54, 1.807) is 0 Å². The number of furan rings is 1. The van der Waals surface area contributed by atoms with Crippen LogP contribution in [0.25, 0.3) is 0 Å². The zero-order chi connectivity index (χ0) is 6.27. The standard InChI is InChI=1S/C7H9NO/c1-5-2-6-3-8-4-7(6)9-5/h2,8H,3-4H2,1H3. The molecule has 1 aliphatic rings. The first-order chi connectivity index (χ1) is 4.36. The second-order valence-electron chi connectivity index (χ2n) is 2.41. The van der Waals surface area contributed by atoms with Crippen molar-refractivity contribution in [3.05, 3.63) is 23.2 Å². The molecule has 0 atom stereocenters. The van der Waals surface area contributed by atoms with Gasteiger partial charge in [-0.25, -0.2) is 0 Å². The summed E-state index contributed by atoms with van der Waals surface area (Å²) in [5, 5.41) is 3.20. The highest BCUT2D eigenvalue weighted by Crippen LogP contribution is 2.18. The van der Waals surface area contributed by atoms with Crippen molar-refractivity contribution in [3.63, 3.8) is 0 Å². The summed E-state index contributed by atoms with van der Waals surface area (Å²) in [5.74, 6) is 2.15. The number of hydrogen-bond donors (Lipinski definition) is 1. The van der Waals surface area contributed by atoms with Gasteiger partial charge in [-0.05, 0) is 13.0 Å². The summed E-state index contributed by atoms with van der Waals surface area (Å²) < 4.78 is 5.36. The Labute approximate surface area is 53.9 Å². The maximum atomic E-state index is 5.36. The summed E-state index contributed by atoms with van der Waals surface area (Å²) in [6, 6.07) is 2.09. The third kappa shape index (κ3) is 0.669. The predicted octanol–water partition coefficient (Wildman–Crippen LogP) is 1.19. The molecule has 0 saturated heterocycles. The molecule has 48 valence electrons. The molecule has 2 heterocycles. The van der Waals surface area contributed by atoms with Gasteiger partial charge in [-0.2, -0.15) is 0 Å². The molecule has 1 aromatic heterocycles. The van der Waals surface area contributed by atoms with Crippen molar-refractivity contribution in [1.82, 2.24) is 5.32 Å². The second kappa shape index (κ2) is 1.61. The molecular weight excluding hydrogens is 114 g/mol. The van der Waals surface area contributed by atoms with Crippen LogP contribution in [0.4, 0.5) is 0 Å². The molecular formula is C7H9NO. The quantitative estimate of drug-likeness (QED) is 0.560. The van der Waals surface area contributed by atoms with Crippen LogP contribution in [-0.4, -0.2) is 0 Å². The van der Waals surface area contributed by atoms with Gasteiger partial charge in [0, 0.05) is 12.1 Å². The van der Waals surface area contributed by atoms with Crippen molar-refractivity contribution in [2.75, 3.05) is 0 Å². The minimum Gasteiger partial charge on any atom is -0.465 e. The second-order valence-corrected chi connectivity index (χ2v) is 2.41. The summed E-state index contributed by atoms with van der Waals surface area (Å²) in [6.45, 7) is 3.87. The fourth-order valence-electron chi connectivity index (χ4n) is 1.23. The van der Waals surface area contributed by atoms with Crippen molar-refractivity contribution in [3.8, 4) is 0 Å². The van der Waals surface area contributed by atoms with Gasteiger partial charge in [0.15, 0.2) is 0 Å². The van der Waals surface area contributed by atoms with Crippen LogP contribution in [0.2, 0.25) is 0 Å². The fraction of sp³-hybridized carbons (Fsp3) is 0.429. The van der Waals surface area contributed by atoms with Crippen LogP contribution in [0.3, 0.4) is 0 Å². The molecule has 0 saturated carbocycles. The van der Waals surface area contributed by atoms with E-state index >= 15 is 0 Å². The van der Waals surface area contributed by atoms with Crippen molar-refractivity contribution >= 4 is 0 Å². The van der Waals surface area contributed by atoms with Gasteiger partial charge in [0.05, 0.1) is 6.54 Å². The number of fused-ring (bicyclic) bond motifs is 1. The average Bonchev–Trinajstić information content (AvgIpc) is 2.22.